The van der Waals surface area contributed by atoms with Crippen molar-refractivity contribution in [2.45, 2.75) is 17.0 Å². The Morgan fingerprint density at radius 3 is 2.18 bits per heavy atom. The van der Waals surface area contributed by atoms with Crippen molar-refractivity contribution in [1.82, 2.24) is 15.0 Å². The van der Waals surface area contributed by atoms with Crippen molar-refractivity contribution in [2.24, 2.45) is 0 Å². The van der Waals surface area contributed by atoms with E-state index in [2.05, 4.69) is 15.0 Å². The number of alkyl halides is 5. The molecule has 0 aliphatic rings. The molecule has 1 aromatic carbocycles. The first-order chi connectivity index (χ1) is 15.8. The van der Waals surface area contributed by atoms with Crippen molar-refractivity contribution in [2.75, 3.05) is 26.9 Å². The van der Waals surface area contributed by atoms with Gasteiger partial charge >= 0.3 is 12.1 Å². The summed E-state index contributed by atoms with van der Waals surface area (Å²) < 4.78 is 97.9. The van der Waals surface area contributed by atoms with Crippen molar-refractivity contribution in [3.8, 4) is 5.75 Å². The van der Waals surface area contributed by atoms with Gasteiger partial charge < -0.3 is 14.8 Å². The van der Waals surface area contributed by atoms with Gasteiger partial charge in [0.1, 0.15) is 11.4 Å². The highest BCUT2D eigenvalue weighted by molar-refractivity contribution is 7.90. The number of nitrogens with one attached hydrogen (secondary N) is 2. The number of benzene rings is 1. The maximum absolute atomic E-state index is 12.9. The number of pyridine rings is 1. The molecule has 15 heteroatoms. The minimum absolute atomic E-state index is 0.0257. The summed E-state index contributed by atoms with van der Waals surface area (Å²) in [6, 6.07) is 5.77. The van der Waals surface area contributed by atoms with E-state index in [1.54, 1.807) is 4.72 Å². The topological polar surface area (TPSA) is 124 Å². The number of carbonyl (C=O) groups excluding carboxylic acids is 2. The van der Waals surface area contributed by atoms with Gasteiger partial charge in [0, 0.05) is 19.9 Å². The van der Waals surface area contributed by atoms with Crippen LogP contribution in [0.3, 0.4) is 0 Å². The molecule has 0 atom stereocenters. The highest BCUT2D eigenvalue weighted by Gasteiger charge is 2.58. The molecule has 9 nitrogen and oxygen atoms in total. The third-order valence-electron chi connectivity index (χ3n) is 4.05. The van der Waals surface area contributed by atoms with Crippen LogP contribution in [0.2, 0.25) is 0 Å². The lowest BCUT2D eigenvalue weighted by Gasteiger charge is -2.19. The Kier molecular flexibility index (Phi) is 8.50. The number of ether oxygens (including phenoxy) is 2. The predicted octanol–water partition coefficient (Wildman–Crippen LogP) is 2.15. The molecule has 1 aromatic heterocycles. The highest BCUT2D eigenvalue weighted by atomic mass is 32.2. The minimum Gasteiger partial charge on any atom is -0.487 e. The third kappa shape index (κ3) is 7.08. The van der Waals surface area contributed by atoms with Gasteiger partial charge in [0.25, 0.3) is 21.8 Å². The summed E-state index contributed by atoms with van der Waals surface area (Å²) in [7, 11) is -2.98. The van der Waals surface area contributed by atoms with Gasteiger partial charge in [-0.1, -0.05) is 0 Å². The Bertz CT molecular complexity index is 1110. The molecule has 1 heterocycles. The van der Waals surface area contributed by atoms with Crippen molar-refractivity contribution < 1.29 is 49.4 Å². The van der Waals surface area contributed by atoms with Crippen molar-refractivity contribution in [3.63, 3.8) is 0 Å². The summed E-state index contributed by atoms with van der Waals surface area (Å²) in [5, 5.41) is 2.51. The molecule has 2 aromatic rings. The molecule has 0 radical (unpaired) electrons. The molecule has 2 amide bonds. The molecule has 0 aliphatic heterocycles. The van der Waals surface area contributed by atoms with E-state index in [0.717, 1.165) is 30.5 Å². The Labute approximate surface area is 190 Å². The number of nitrogens with zero attached hydrogens (tertiary/aromatic N) is 1. The van der Waals surface area contributed by atoms with Gasteiger partial charge in [-0.2, -0.15) is 22.0 Å². The molecule has 2 rings (SSSR count). The van der Waals surface area contributed by atoms with Crippen molar-refractivity contribution in [1.29, 1.82) is 0 Å². The summed E-state index contributed by atoms with van der Waals surface area (Å²) in [6.07, 6.45) is -4.82. The van der Waals surface area contributed by atoms with Crippen LogP contribution in [0.15, 0.2) is 47.5 Å². The summed E-state index contributed by atoms with van der Waals surface area (Å²) in [4.78, 5) is 27.4. The van der Waals surface area contributed by atoms with Gasteiger partial charge in [-0.25, -0.2) is 13.1 Å². The quantitative estimate of drug-likeness (QED) is 0.370. The second-order valence-electron chi connectivity index (χ2n) is 6.58. The number of rotatable bonds is 10. The third-order valence-corrected chi connectivity index (χ3v) is 5.39. The zero-order valence-corrected chi connectivity index (χ0v) is 18.2. The molecule has 2 N–H and O–H groups in total. The first-order valence-corrected chi connectivity index (χ1v) is 10.7. The highest BCUT2D eigenvalue weighted by Crippen LogP contribution is 2.35. The molecule has 186 valence electrons. The van der Waals surface area contributed by atoms with E-state index in [-0.39, 0.29) is 24.4 Å². The number of aromatic nitrogens is 1. The second-order valence-corrected chi connectivity index (χ2v) is 8.26. The van der Waals surface area contributed by atoms with E-state index in [1.165, 1.54) is 19.2 Å². The largest absolute Gasteiger partial charge is 0.487 e. The number of carbonyl (C=O) groups is 2. The number of amides is 2. The van der Waals surface area contributed by atoms with E-state index in [1.807, 2.05) is 0 Å². The summed E-state index contributed by atoms with van der Waals surface area (Å²) in [5.41, 5.74) is -0.214. The Balaban J connectivity index is 2.01. The maximum atomic E-state index is 12.9. The smallest absolute Gasteiger partial charge is 0.456 e. The number of hydrogen-bond acceptors (Lipinski definition) is 7. The monoisotopic (exact) mass is 511 g/mol. The number of sulfonamides is 1. The molecule has 0 saturated heterocycles. The molecular weight excluding hydrogens is 493 g/mol. The van der Waals surface area contributed by atoms with Gasteiger partial charge in [0.2, 0.25) is 0 Å². The standard InChI is InChI=1S/C19H18F5N3O6S/c1-32-9-8-25-17(29)15-7-2-12(10-26-15)16(28)27-34(30,31)14-5-3-13(4-6-14)33-11-18(20,21)19(22,23)24/h2-7,10H,8-9,11H2,1H3,(H,25,29)(H,27,28). The van der Waals surface area contributed by atoms with Crippen LogP contribution in [0.5, 0.6) is 5.75 Å². The lowest BCUT2D eigenvalue weighted by molar-refractivity contribution is -0.290. The fraction of sp³-hybridized carbons (Fsp3) is 0.316. The Morgan fingerprint density at radius 1 is 1.00 bits per heavy atom. The van der Waals surface area contributed by atoms with Crippen LogP contribution < -0.4 is 14.8 Å². The molecule has 0 bridgehead atoms. The lowest BCUT2D eigenvalue weighted by atomic mass is 10.2. The Morgan fingerprint density at radius 2 is 1.65 bits per heavy atom. The zero-order valence-electron chi connectivity index (χ0n) is 17.4. The van der Waals surface area contributed by atoms with Crippen LogP contribution in [-0.4, -0.2) is 64.2 Å². The van der Waals surface area contributed by atoms with Crippen LogP contribution in [0.1, 0.15) is 20.8 Å². The van der Waals surface area contributed by atoms with Gasteiger partial charge in [-0.3, -0.25) is 14.6 Å². The average molecular weight is 511 g/mol. The van der Waals surface area contributed by atoms with Crippen molar-refractivity contribution in [3.05, 3.63) is 53.9 Å². The lowest BCUT2D eigenvalue weighted by Crippen LogP contribution is -2.41. The van der Waals surface area contributed by atoms with E-state index in [0.29, 0.717) is 0 Å². The number of methoxy groups -OCH3 is 1. The van der Waals surface area contributed by atoms with Crippen LogP contribution in [0.4, 0.5) is 22.0 Å². The zero-order chi connectivity index (χ0) is 25.6. The molecule has 0 fully saturated rings. The van der Waals surface area contributed by atoms with E-state index < -0.39 is 51.2 Å². The fourth-order valence-electron chi connectivity index (χ4n) is 2.23. The SMILES string of the molecule is COCCNC(=O)c1ccc(C(=O)NS(=O)(=O)c2ccc(OCC(F)(F)C(F)(F)F)cc2)cn1. The summed E-state index contributed by atoms with van der Waals surface area (Å²) in [6.45, 7) is -1.49. The normalized spacial score (nSPS) is 12.2. The first kappa shape index (κ1) is 26.9. The Hall–Kier alpha value is -3.33. The van der Waals surface area contributed by atoms with Gasteiger partial charge in [0.15, 0.2) is 6.61 Å². The molecule has 0 aliphatic carbocycles. The molecule has 0 spiro atoms. The second kappa shape index (κ2) is 10.7. The number of hydrogen-bond donors (Lipinski definition) is 2. The van der Waals surface area contributed by atoms with Crippen LogP contribution in [0.25, 0.3) is 0 Å². The van der Waals surface area contributed by atoms with Crippen LogP contribution in [-0.2, 0) is 14.8 Å². The maximum Gasteiger partial charge on any atom is 0.456 e. The van der Waals surface area contributed by atoms with Gasteiger partial charge in [-0.05, 0) is 36.4 Å². The molecule has 0 saturated carbocycles. The fourth-order valence-corrected chi connectivity index (χ4v) is 3.20. The van der Waals surface area contributed by atoms with E-state index in [4.69, 9.17) is 4.74 Å². The van der Waals surface area contributed by atoms with Crippen molar-refractivity contribution >= 4 is 21.8 Å². The first-order valence-electron chi connectivity index (χ1n) is 9.24. The van der Waals surface area contributed by atoms with Gasteiger partial charge in [-0.15, -0.1) is 0 Å². The van der Waals surface area contributed by atoms with Gasteiger partial charge in [0.05, 0.1) is 17.1 Å². The summed E-state index contributed by atoms with van der Waals surface area (Å²) in [5.74, 6) is -7.16. The number of halogens is 5. The molecule has 0 unspecified atom stereocenters. The predicted molar refractivity (Wildman–Crippen MR) is 106 cm³/mol. The molecular formula is C19H18F5N3O6S. The van der Waals surface area contributed by atoms with E-state index in [9.17, 15) is 40.0 Å². The minimum atomic E-state index is -5.80. The van der Waals surface area contributed by atoms with E-state index >= 15 is 0 Å². The van der Waals surface area contributed by atoms with Crippen LogP contribution in [0, 0.1) is 0 Å². The van der Waals surface area contributed by atoms with Crippen LogP contribution >= 0.6 is 0 Å². The summed E-state index contributed by atoms with van der Waals surface area (Å²) >= 11 is 0. The average Bonchev–Trinajstić information content (AvgIpc) is 2.77. The molecule has 34 heavy (non-hydrogen) atoms.